The van der Waals surface area contributed by atoms with E-state index in [1.807, 2.05) is 48.5 Å². The summed E-state index contributed by atoms with van der Waals surface area (Å²) in [4.78, 5) is 24.6. The van der Waals surface area contributed by atoms with Gasteiger partial charge in [-0.15, -0.1) is 0 Å². The third kappa shape index (κ3) is 4.90. The molecule has 36 heavy (non-hydrogen) atoms. The minimum absolute atomic E-state index is 0.0119. The highest BCUT2D eigenvalue weighted by molar-refractivity contribution is 9.10. The second-order valence-corrected chi connectivity index (χ2v) is 11.0. The fourth-order valence-corrected chi connectivity index (χ4v) is 5.55. The minimum atomic E-state index is -0.583. The Morgan fingerprint density at radius 2 is 1.72 bits per heavy atom. The van der Waals surface area contributed by atoms with E-state index in [0.29, 0.717) is 0 Å². The van der Waals surface area contributed by atoms with Gasteiger partial charge in [0.05, 0.1) is 16.7 Å². The van der Waals surface area contributed by atoms with Crippen molar-refractivity contribution in [2.75, 3.05) is 0 Å². The lowest BCUT2D eigenvalue weighted by Crippen LogP contribution is -2.32. The van der Waals surface area contributed by atoms with Gasteiger partial charge in [-0.1, -0.05) is 67.7 Å². The van der Waals surface area contributed by atoms with Crippen molar-refractivity contribution in [3.05, 3.63) is 113 Å². The first-order valence-corrected chi connectivity index (χ1v) is 13.4. The van der Waals surface area contributed by atoms with Crippen LogP contribution in [0.2, 0.25) is 5.02 Å². The quantitative estimate of drug-likeness (QED) is 0.216. The Kier molecular flexibility index (Phi) is 7.10. The second kappa shape index (κ2) is 10.3. The minimum Gasteiger partial charge on any atom is -0.267 e. The molecule has 2 atom stereocenters. The van der Waals surface area contributed by atoms with Crippen LogP contribution in [0.25, 0.3) is 6.08 Å². The maximum Gasteiger partial charge on any atom is 0.288 e. The van der Waals surface area contributed by atoms with Gasteiger partial charge in [0.15, 0.2) is 0 Å². The summed E-state index contributed by atoms with van der Waals surface area (Å²) in [6.45, 7) is 0. The van der Waals surface area contributed by atoms with Crippen LogP contribution in [-0.2, 0) is 0 Å². The first-order chi connectivity index (χ1) is 17.3. The lowest BCUT2D eigenvalue weighted by molar-refractivity contribution is -0.384. The molecule has 3 aromatic carbocycles. The standard InChI is InChI=1S/C27H20Br2ClN3O3/c28-20-9-4-16(5-10-20)14-18-2-1-3-22-25(18)31-32(26(22)17-6-11-21(29)12-7-17)27(34)19-8-13-23(30)24(15-19)33(35)36/h4-15,22,26H,1-3H2/b18-14+. The van der Waals surface area contributed by atoms with E-state index in [9.17, 15) is 14.9 Å². The van der Waals surface area contributed by atoms with Crippen LogP contribution >= 0.6 is 43.5 Å². The third-order valence-electron chi connectivity index (χ3n) is 6.52. The average molecular weight is 630 g/mol. The van der Waals surface area contributed by atoms with Gasteiger partial charge in [-0.3, -0.25) is 14.9 Å². The summed E-state index contributed by atoms with van der Waals surface area (Å²) < 4.78 is 1.95. The number of carbonyl (C=O) groups is 1. The van der Waals surface area contributed by atoms with Gasteiger partial charge in [-0.25, -0.2) is 5.01 Å². The summed E-state index contributed by atoms with van der Waals surface area (Å²) in [6, 6.07) is 19.8. The number of halogens is 3. The van der Waals surface area contributed by atoms with Crippen LogP contribution in [0.4, 0.5) is 5.69 Å². The van der Waals surface area contributed by atoms with E-state index in [4.69, 9.17) is 16.7 Å². The molecular formula is C27H20Br2ClN3O3. The summed E-state index contributed by atoms with van der Waals surface area (Å²) >= 11 is 13.0. The number of benzene rings is 3. The molecule has 9 heteroatoms. The zero-order valence-electron chi connectivity index (χ0n) is 18.9. The molecule has 2 aliphatic rings. The number of hydrazone groups is 1. The molecule has 1 aliphatic carbocycles. The van der Waals surface area contributed by atoms with Crippen LogP contribution in [-0.4, -0.2) is 21.6 Å². The normalized spacial score (nSPS) is 20.2. The van der Waals surface area contributed by atoms with Gasteiger partial charge in [0.1, 0.15) is 5.02 Å². The largest absolute Gasteiger partial charge is 0.288 e. The first-order valence-electron chi connectivity index (χ1n) is 11.4. The van der Waals surface area contributed by atoms with Crippen molar-refractivity contribution in [3.8, 4) is 0 Å². The molecule has 0 saturated heterocycles. The third-order valence-corrected chi connectivity index (χ3v) is 7.90. The first kappa shape index (κ1) is 24.9. The van der Waals surface area contributed by atoms with E-state index in [1.165, 1.54) is 23.2 Å². The van der Waals surface area contributed by atoms with Gasteiger partial charge in [0.2, 0.25) is 0 Å². The van der Waals surface area contributed by atoms with Gasteiger partial charge >= 0.3 is 0 Å². The lowest BCUT2D eigenvalue weighted by Gasteiger charge is -2.29. The molecule has 0 spiro atoms. The van der Waals surface area contributed by atoms with E-state index < -0.39 is 10.8 Å². The van der Waals surface area contributed by atoms with E-state index in [0.717, 1.165) is 50.6 Å². The molecule has 1 saturated carbocycles. The Labute approximate surface area is 230 Å². The molecule has 3 aromatic rings. The van der Waals surface area contributed by atoms with Crippen molar-refractivity contribution in [2.45, 2.75) is 25.3 Å². The molecule has 2 unspecified atom stereocenters. The van der Waals surface area contributed by atoms with E-state index >= 15 is 0 Å². The van der Waals surface area contributed by atoms with Crippen LogP contribution in [0.1, 0.15) is 46.8 Å². The molecule has 0 aromatic heterocycles. The molecule has 1 heterocycles. The van der Waals surface area contributed by atoms with Crippen molar-refractivity contribution in [2.24, 2.45) is 11.0 Å². The fraction of sp³-hybridized carbons (Fsp3) is 0.185. The number of allylic oxidation sites excluding steroid dienone is 1. The van der Waals surface area contributed by atoms with Crippen molar-refractivity contribution in [1.29, 1.82) is 0 Å². The summed E-state index contributed by atoms with van der Waals surface area (Å²) in [5.74, 6) is -0.375. The lowest BCUT2D eigenvalue weighted by atomic mass is 9.77. The number of hydrogen-bond donors (Lipinski definition) is 0. The van der Waals surface area contributed by atoms with Gasteiger partial charge < -0.3 is 0 Å². The second-order valence-electron chi connectivity index (χ2n) is 8.77. The molecular weight excluding hydrogens is 610 g/mol. The summed E-state index contributed by atoms with van der Waals surface area (Å²) in [5.41, 5.74) is 3.90. The van der Waals surface area contributed by atoms with Crippen LogP contribution < -0.4 is 0 Å². The monoisotopic (exact) mass is 627 g/mol. The zero-order chi connectivity index (χ0) is 25.4. The topological polar surface area (TPSA) is 75.8 Å². The highest BCUT2D eigenvalue weighted by Gasteiger charge is 2.44. The van der Waals surface area contributed by atoms with Crippen LogP contribution in [0.3, 0.4) is 0 Å². The zero-order valence-corrected chi connectivity index (χ0v) is 22.8. The maximum absolute atomic E-state index is 13.7. The number of amides is 1. The van der Waals surface area contributed by atoms with Gasteiger partial charge in [0.25, 0.3) is 11.6 Å². The number of nitrogens with zero attached hydrogens (tertiary/aromatic N) is 3. The number of fused-ring (bicyclic) bond motifs is 1. The molecule has 1 aliphatic heterocycles. The van der Waals surface area contributed by atoms with E-state index in [-0.39, 0.29) is 28.2 Å². The Morgan fingerprint density at radius 3 is 2.39 bits per heavy atom. The Bertz CT molecular complexity index is 1400. The molecule has 0 N–H and O–H groups in total. The van der Waals surface area contributed by atoms with Crippen molar-refractivity contribution in [1.82, 2.24) is 5.01 Å². The summed E-state index contributed by atoms with van der Waals surface area (Å²) in [6.07, 6.45) is 4.87. The highest BCUT2D eigenvalue weighted by atomic mass is 79.9. The SMILES string of the molecule is O=C(c1ccc(Cl)c([N+](=O)[O-])c1)N1N=C2/C(=C/c3ccc(Br)cc3)CCCC2C1c1ccc(Br)cc1. The molecule has 182 valence electrons. The Hall–Kier alpha value is -2.81. The van der Waals surface area contributed by atoms with Crippen molar-refractivity contribution in [3.63, 3.8) is 0 Å². The number of rotatable bonds is 4. The van der Waals surface area contributed by atoms with Crippen molar-refractivity contribution >= 4 is 66.8 Å². The molecule has 1 amide bonds. The maximum atomic E-state index is 13.7. The molecule has 1 fully saturated rings. The number of nitro benzene ring substituents is 1. The number of carbonyl (C=O) groups excluding carboxylic acids is 1. The van der Waals surface area contributed by atoms with Crippen LogP contribution in [0, 0.1) is 16.0 Å². The van der Waals surface area contributed by atoms with Gasteiger partial charge in [0, 0.05) is 26.5 Å². The Balaban J connectivity index is 1.59. The van der Waals surface area contributed by atoms with E-state index in [2.05, 4.69) is 37.9 Å². The molecule has 0 radical (unpaired) electrons. The molecule has 5 rings (SSSR count). The van der Waals surface area contributed by atoms with E-state index in [1.54, 1.807) is 0 Å². The number of nitro groups is 1. The number of hydrogen-bond acceptors (Lipinski definition) is 4. The predicted octanol–water partition coefficient (Wildman–Crippen LogP) is 8.21. The van der Waals surface area contributed by atoms with Gasteiger partial charge in [-0.2, -0.15) is 5.10 Å². The summed E-state index contributed by atoms with van der Waals surface area (Å²) in [5, 5.41) is 17.8. The van der Waals surface area contributed by atoms with Crippen LogP contribution in [0.15, 0.2) is 86.3 Å². The Morgan fingerprint density at radius 1 is 1.06 bits per heavy atom. The highest BCUT2D eigenvalue weighted by Crippen LogP contribution is 2.45. The molecule has 0 bridgehead atoms. The van der Waals surface area contributed by atoms with Crippen molar-refractivity contribution < 1.29 is 9.72 Å². The molecule has 6 nitrogen and oxygen atoms in total. The predicted molar refractivity (Wildman–Crippen MR) is 148 cm³/mol. The van der Waals surface area contributed by atoms with Gasteiger partial charge in [-0.05, 0) is 78.4 Å². The average Bonchev–Trinajstić information content (AvgIpc) is 3.26. The smallest absolute Gasteiger partial charge is 0.267 e. The van der Waals surface area contributed by atoms with Crippen LogP contribution in [0.5, 0.6) is 0 Å². The fourth-order valence-electron chi connectivity index (χ4n) is 4.84. The summed E-state index contributed by atoms with van der Waals surface area (Å²) in [7, 11) is 0.